The van der Waals surface area contributed by atoms with Gasteiger partial charge in [-0.05, 0) is 12.1 Å². The standard InChI is InChI=1S/C21H20F3N5O2/c1-20(2,3)16-10-15(31-28-16)18-26-14-9-13(27-19(30-4)17(14)29(18)25)11-7-5-6-8-12(11)21(22,23)24/h5-10H,25H2,1-4H3. The highest BCUT2D eigenvalue weighted by Crippen LogP contribution is 2.39. The van der Waals surface area contributed by atoms with Gasteiger partial charge in [0.05, 0.1) is 29.6 Å². The van der Waals surface area contributed by atoms with Crippen molar-refractivity contribution < 1.29 is 22.4 Å². The van der Waals surface area contributed by atoms with Crippen LogP contribution in [0.25, 0.3) is 33.9 Å². The molecule has 4 rings (SSSR count). The van der Waals surface area contributed by atoms with Crippen LogP contribution >= 0.6 is 0 Å². The van der Waals surface area contributed by atoms with Crippen molar-refractivity contribution >= 4 is 11.0 Å². The van der Waals surface area contributed by atoms with Gasteiger partial charge in [0.2, 0.25) is 11.6 Å². The quantitative estimate of drug-likeness (QED) is 0.469. The lowest BCUT2D eigenvalue weighted by Crippen LogP contribution is -2.12. The van der Waals surface area contributed by atoms with Gasteiger partial charge >= 0.3 is 6.18 Å². The number of rotatable bonds is 3. The van der Waals surface area contributed by atoms with Gasteiger partial charge in [-0.15, -0.1) is 0 Å². The molecule has 0 fully saturated rings. The van der Waals surface area contributed by atoms with Crippen LogP contribution in [-0.2, 0) is 11.6 Å². The highest BCUT2D eigenvalue weighted by atomic mass is 19.4. The molecule has 2 N–H and O–H groups in total. The fourth-order valence-corrected chi connectivity index (χ4v) is 3.23. The number of hydrogen-bond acceptors (Lipinski definition) is 6. The first kappa shape index (κ1) is 20.7. The summed E-state index contributed by atoms with van der Waals surface area (Å²) in [6.07, 6.45) is -4.54. The number of nitrogens with two attached hydrogens (primary N) is 1. The number of nitrogens with zero attached hydrogens (tertiary/aromatic N) is 4. The maximum atomic E-state index is 13.5. The summed E-state index contributed by atoms with van der Waals surface area (Å²) >= 11 is 0. The number of pyridine rings is 1. The van der Waals surface area contributed by atoms with Crippen LogP contribution in [0.15, 0.2) is 40.9 Å². The third-order valence-electron chi connectivity index (χ3n) is 4.84. The van der Waals surface area contributed by atoms with Crippen LogP contribution in [0.1, 0.15) is 32.0 Å². The van der Waals surface area contributed by atoms with E-state index in [1.807, 2.05) is 20.8 Å². The highest BCUT2D eigenvalue weighted by Gasteiger charge is 2.34. The van der Waals surface area contributed by atoms with E-state index in [0.717, 1.165) is 6.07 Å². The van der Waals surface area contributed by atoms with Gasteiger partial charge in [0.1, 0.15) is 0 Å². The van der Waals surface area contributed by atoms with Gasteiger partial charge in [0.15, 0.2) is 11.3 Å². The lowest BCUT2D eigenvalue weighted by atomic mass is 9.92. The van der Waals surface area contributed by atoms with Crippen molar-refractivity contribution in [3.05, 3.63) is 47.7 Å². The van der Waals surface area contributed by atoms with E-state index in [4.69, 9.17) is 15.1 Å². The predicted molar refractivity (Wildman–Crippen MR) is 109 cm³/mol. The summed E-state index contributed by atoms with van der Waals surface area (Å²) in [6, 6.07) is 8.36. The fraction of sp³-hybridized carbons (Fsp3) is 0.286. The van der Waals surface area contributed by atoms with Crippen molar-refractivity contribution in [2.24, 2.45) is 0 Å². The molecule has 0 aliphatic rings. The lowest BCUT2D eigenvalue weighted by Gasteiger charge is -2.13. The Morgan fingerprint density at radius 1 is 1.06 bits per heavy atom. The predicted octanol–water partition coefficient (Wildman–Crippen LogP) is 4.79. The van der Waals surface area contributed by atoms with Gasteiger partial charge in [0.25, 0.3) is 0 Å². The van der Waals surface area contributed by atoms with E-state index in [0.29, 0.717) is 22.5 Å². The molecule has 7 nitrogen and oxygen atoms in total. The summed E-state index contributed by atoms with van der Waals surface area (Å²) < 4.78 is 52.5. The van der Waals surface area contributed by atoms with Gasteiger partial charge in [-0.25, -0.2) is 14.6 Å². The topological polar surface area (TPSA) is 92.0 Å². The number of hydrogen-bond donors (Lipinski definition) is 1. The molecular weight excluding hydrogens is 411 g/mol. The Labute approximate surface area is 175 Å². The molecule has 31 heavy (non-hydrogen) atoms. The Bertz CT molecular complexity index is 1270. The third-order valence-corrected chi connectivity index (χ3v) is 4.84. The molecule has 3 aromatic heterocycles. The second-order valence-electron chi connectivity index (χ2n) is 8.06. The number of halogens is 3. The van der Waals surface area contributed by atoms with E-state index in [2.05, 4.69) is 15.1 Å². The molecule has 10 heteroatoms. The van der Waals surface area contributed by atoms with E-state index in [1.54, 1.807) is 6.07 Å². The van der Waals surface area contributed by atoms with Crippen molar-refractivity contribution in [2.75, 3.05) is 13.0 Å². The molecule has 3 heterocycles. The SMILES string of the molecule is COc1nc(-c2ccccc2C(F)(F)F)cc2nc(-c3cc(C(C)(C)C)no3)n(N)c12. The largest absolute Gasteiger partial charge is 0.479 e. The van der Waals surface area contributed by atoms with Crippen molar-refractivity contribution in [2.45, 2.75) is 32.4 Å². The van der Waals surface area contributed by atoms with E-state index in [1.165, 1.54) is 36.1 Å². The van der Waals surface area contributed by atoms with Crippen LogP contribution in [-0.4, -0.2) is 26.9 Å². The molecule has 0 saturated carbocycles. The maximum absolute atomic E-state index is 13.5. The van der Waals surface area contributed by atoms with E-state index >= 15 is 0 Å². The molecule has 0 amide bonds. The summed E-state index contributed by atoms with van der Waals surface area (Å²) in [6.45, 7) is 5.95. The summed E-state index contributed by atoms with van der Waals surface area (Å²) in [7, 11) is 1.36. The molecule has 0 aliphatic carbocycles. The zero-order chi connectivity index (χ0) is 22.6. The third kappa shape index (κ3) is 3.58. The van der Waals surface area contributed by atoms with Crippen LogP contribution < -0.4 is 10.6 Å². The molecule has 0 spiro atoms. The van der Waals surface area contributed by atoms with Crippen LogP contribution in [0.2, 0.25) is 0 Å². The average Bonchev–Trinajstić information content (AvgIpc) is 3.31. The van der Waals surface area contributed by atoms with E-state index < -0.39 is 11.7 Å². The number of methoxy groups -OCH3 is 1. The lowest BCUT2D eigenvalue weighted by molar-refractivity contribution is -0.137. The minimum atomic E-state index is -4.54. The summed E-state index contributed by atoms with van der Waals surface area (Å²) in [5.74, 6) is 6.83. The monoisotopic (exact) mass is 431 g/mol. The Hall–Kier alpha value is -3.56. The molecule has 4 aromatic rings. The first-order valence-electron chi connectivity index (χ1n) is 9.37. The molecular formula is C21H20F3N5O2. The van der Waals surface area contributed by atoms with Gasteiger partial charge in [0, 0.05) is 17.0 Å². The van der Waals surface area contributed by atoms with Gasteiger partial charge in [-0.1, -0.05) is 44.1 Å². The molecule has 162 valence electrons. The van der Waals surface area contributed by atoms with E-state index in [9.17, 15) is 13.2 Å². The Kier molecular flexibility index (Phi) is 4.68. The summed E-state index contributed by atoms with van der Waals surface area (Å²) in [4.78, 5) is 8.73. The molecule has 0 radical (unpaired) electrons. The Morgan fingerprint density at radius 3 is 2.39 bits per heavy atom. The Balaban J connectivity index is 1.92. The number of aromatic nitrogens is 4. The second kappa shape index (κ2) is 7.00. The first-order valence-corrected chi connectivity index (χ1v) is 9.37. The highest BCUT2D eigenvalue weighted by molar-refractivity contribution is 5.88. The minimum absolute atomic E-state index is 0.0429. The molecule has 0 unspecified atom stereocenters. The molecule has 1 aromatic carbocycles. The number of alkyl halides is 3. The normalized spacial score (nSPS) is 12.5. The fourth-order valence-electron chi connectivity index (χ4n) is 3.23. The van der Waals surface area contributed by atoms with Crippen molar-refractivity contribution in [1.29, 1.82) is 0 Å². The van der Waals surface area contributed by atoms with Crippen molar-refractivity contribution in [3.63, 3.8) is 0 Å². The maximum Gasteiger partial charge on any atom is 0.417 e. The molecule has 0 bridgehead atoms. The number of benzene rings is 1. The van der Waals surface area contributed by atoms with Crippen molar-refractivity contribution in [3.8, 4) is 28.7 Å². The number of ether oxygens (including phenoxy) is 1. The number of nitrogen functional groups attached to an aromatic ring is 1. The van der Waals surface area contributed by atoms with Gasteiger partial charge in [-0.3, -0.25) is 0 Å². The second-order valence-corrected chi connectivity index (χ2v) is 8.06. The Morgan fingerprint density at radius 2 is 1.77 bits per heavy atom. The number of fused-ring (bicyclic) bond motifs is 1. The minimum Gasteiger partial charge on any atom is -0.479 e. The van der Waals surface area contributed by atoms with Gasteiger partial charge < -0.3 is 15.1 Å². The van der Waals surface area contributed by atoms with Crippen molar-refractivity contribution in [1.82, 2.24) is 19.8 Å². The van der Waals surface area contributed by atoms with Crippen LogP contribution in [0.5, 0.6) is 5.88 Å². The zero-order valence-electron chi connectivity index (χ0n) is 17.3. The van der Waals surface area contributed by atoms with Crippen LogP contribution in [0, 0.1) is 0 Å². The smallest absolute Gasteiger partial charge is 0.417 e. The molecule has 0 saturated heterocycles. The summed E-state index contributed by atoms with van der Waals surface area (Å²) in [5, 5.41) is 4.07. The van der Waals surface area contributed by atoms with Gasteiger partial charge in [-0.2, -0.15) is 13.2 Å². The average molecular weight is 431 g/mol. The van der Waals surface area contributed by atoms with Crippen LogP contribution in [0.4, 0.5) is 13.2 Å². The summed E-state index contributed by atoms with van der Waals surface area (Å²) in [5.41, 5.74) is 0.263. The molecule has 0 aliphatic heterocycles. The zero-order valence-corrected chi connectivity index (χ0v) is 17.3. The van der Waals surface area contributed by atoms with Crippen LogP contribution in [0.3, 0.4) is 0 Å². The van der Waals surface area contributed by atoms with E-state index in [-0.39, 0.29) is 28.4 Å². The molecule has 0 atom stereocenters. The number of imidazole rings is 1. The first-order chi connectivity index (χ1) is 14.5.